The lowest BCUT2D eigenvalue weighted by molar-refractivity contribution is -0.137. The van der Waals surface area contributed by atoms with Crippen molar-refractivity contribution in [3.05, 3.63) is 46.7 Å². The summed E-state index contributed by atoms with van der Waals surface area (Å²) in [7, 11) is 0. The summed E-state index contributed by atoms with van der Waals surface area (Å²) in [5, 5.41) is 10.3. The van der Waals surface area contributed by atoms with Gasteiger partial charge in [-0.1, -0.05) is 11.6 Å². The number of rotatable bonds is 2. The topological polar surface area (TPSA) is 106 Å². The number of carbonyl (C=O) groups is 3. The highest BCUT2D eigenvalue weighted by Crippen LogP contribution is 2.23. The van der Waals surface area contributed by atoms with Crippen LogP contribution in [-0.2, 0) is 16.1 Å². The molecule has 0 saturated carbocycles. The fourth-order valence-electron chi connectivity index (χ4n) is 3.36. The molecule has 1 aromatic heterocycles. The molecule has 1 aliphatic rings. The van der Waals surface area contributed by atoms with Gasteiger partial charge in [-0.2, -0.15) is 5.10 Å². The second-order valence-corrected chi connectivity index (χ2v) is 8.35. The average Bonchev–Trinajstić information content (AvgIpc) is 3.15. The van der Waals surface area contributed by atoms with Crippen LogP contribution in [0.25, 0.3) is 0 Å². The van der Waals surface area contributed by atoms with Gasteiger partial charge in [0.15, 0.2) is 0 Å². The van der Waals surface area contributed by atoms with Crippen molar-refractivity contribution in [2.75, 3.05) is 26.2 Å². The lowest BCUT2D eigenvalue weighted by Gasteiger charge is -2.23. The van der Waals surface area contributed by atoms with Crippen molar-refractivity contribution in [2.24, 2.45) is 0 Å². The lowest BCUT2D eigenvalue weighted by atomic mass is 10.2. The van der Waals surface area contributed by atoms with E-state index in [2.05, 4.69) is 15.7 Å². The Hall–Kier alpha value is -3.07. The van der Waals surface area contributed by atoms with Crippen LogP contribution in [0.4, 0.5) is 0 Å². The summed E-state index contributed by atoms with van der Waals surface area (Å²) in [4.78, 5) is 39.5. The van der Waals surface area contributed by atoms with E-state index in [9.17, 15) is 14.4 Å². The zero-order valence-corrected chi connectivity index (χ0v) is 19.0. The molecule has 0 fully saturated rings. The molecule has 0 aliphatic carbocycles. The Bertz CT molecular complexity index is 977. The van der Waals surface area contributed by atoms with Gasteiger partial charge in [-0.05, 0) is 50.5 Å². The quantitative estimate of drug-likeness (QED) is 0.709. The number of halogens is 1. The Morgan fingerprint density at radius 2 is 2.12 bits per heavy atom. The van der Waals surface area contributed by atoms with Crippen molar-refractivity contribution in [2.45, 2.75) is 39.3 Å². The fourth-order valence-corrected chi connectivity index (χ4v) is 3.54. The second-order valence-electron chi connectivity index (χ2n) is 7.91. The lowest BCUT2D eigenvalue weighted by Crippen LogP contribution is -2.46. The van der Waals surface area contributed by atoms with E-state index in [-0.39, 0.29) is 43.5 Å². The number of carbonyl (C=O) groups excluding carboxylic acids is 3. The van der Waals surface area contributed by atoms with Gasteiger partial charge < -0.3 is 20.3 Å². The number of ether oxygens (including phenoxy) is 1. The third-order valence-electron chi connectivity index (χ3n) is 4.97. The van der Waals surface area contributed by atoms with Gasteiger partial charge in [-0.15, -0.1) is 0 Å². The van der Waals surface area contributed by atoms with Crippen molar-refractivity contribution >= 4 is 29.3 Å². The maximum absolute atomic E-state index is 12.8. The van der Waals surface area contributed by atoms with Gasteiger partial charge in [-0.25, -0.2) is 0 Å². The third-order valence-corrected chi connectivity index (χ3v) is 5.20. The van der Waals surface area contributed by atoms with Crippen molar-refractivity contribution in [3.8, 4) is 5.75 Å². The van der Waals surface area contributed by atoms with Crippen LogP contribution in [-0.4, -0.2) is 64.7 Å². The maximum Gasteiger partial charge on any atom is 0.255 e. The molecule has 2 aromatic rings. The van der Waals surface area contributed by atoms with Crippen LogP contribution in [0, 0.1) is 6.92 Å². The van der Waals surface area contributed by atoms with E-state index in [4.69, 9.17) is 16.3 Å². The molecule has 1 aromatic carbocycles. The predicted molar refractivity (Wildman–Crippen MR) is 120 cm³/mol. The number of fused-ring (bicyclic) bond motifs is 1. The molecule has 10 heteroatoms. The Morgan fingerprint density at radius 1 is 1.31 bits per heavy atom. The van der Waals surface area contributed by atoms with Crippen molar-refractivity contribution in [1.82, 2.24) is 25.3 Å². The number of aryl methyl sites for hydroxylation is 1. The maximum atomic E-state index is 12.8. The van der Waals surface area contributed by atoms with Crippen LogP contribution in [0.1, 0.15) is 35.7 Å². The van der Waals surface area contributed by atoms with Crippen LogP contribution in [0.5, 0.6) is 5.75 Å². The average molecular weight is 462 g/mol. The number of benzene rings is 1. The van der Waals surface area contributed by atoms with E-state index >= 15 is 0 Å². The Balaban J connectivity index is 1.70. The van der Waals surface area contributed by atoms with Crippen LogP contribution in [0.15, 0.2) is 30.6 Å². The highest BCUT2D eigenvalue weighted by Gasteiger charge is 2.20. The standard InChI is InChI=1S/C22H28ClN5O4/c1-15-10-25-28(11-15)13-21(30)27-8-4-3-7-24-22(31)18-9-17(23)5-6-19(18)32-14-16(2)26-20(29)12-27/h5-6,9-11,16H,3-4,7-8,12-14H2,1-2H3,(H,24,31)(H,26,29)/t16-/m0/s1. The minimum absolute atomic E-state index is 0.0536. The third kappa shape index (κ3) is 6.71. The number of amides is 3. The molecule has 2 N–H and O–H groups in total. The van der Waals surface area contributed by atoms with E-state index in [0.717, 1.165) is 5.56 Å². The summed E-state index contributed by atoms with van der Waals surface area (Å²) in [6.07, 6.45) is 4.74. The summed E-state index contributed by atoms with van der Waals surface area (Å²) in [5.41, 5.74) is 1.30. The number of nitrogens with zero attached hydrogens (tertiary/aromatic N) is 3. The molecule has 2 heterocycles. The minimum atomic E-state index is -0.329. The van der Waals surface area contributed by atoms with Crippen LogP contribution in [0.2, 0.25) is 5.02 Å². The molecule has 0 bridgehead atoms. The highest BCUT2D eigenvalue weighted by molar-refractivity contribution is 6.31. The van der Waals surface area contributed by atoms with Gasteiger partial charge in [-0.3, -0.25) is 19.1 Å². The smallest absolute Gasteiger partial charge is 0.255 e. The first-order chi connectivity index (χ1) is 15.3. The van der Waals surface area contributed by atoms with E-state index in [1.54, 1.807) is 42.2 Å². The first-order valence-corrected chi connectivity index (χ1v) is 11.0. The van der Waals surface area contributed by atoms with Gasteiger partial charge in [0.2, 0.25) is 11.8 Å². The molecule has 1 atom stereocenters. The summed E-state index contributed by atoms with van der Waals surface area (Å²) < 4.78 is 7.34. The zero-order chi connectivity index (χ0) is 23.1. The molecule has 9 nitrogen and oxygen atoms in total. The SMILES string of the molecule is Cc1cnn(CC(=O)N2CCCCNC(=O)c3cc(Cl)ccc3OC[C@H](C)NC(=O)C2)c1. The van der Waals surface area contributed by atoms with Crippen molar-refractivity contribution < 1.29 is 19.1 Å². The Morgan fingerprint density at radius 3 is 2.88 bits per heavy atom. The molecule has 3 amide bonds. The molecular weight excluding hydrogens is 434 g/mol. The largest absolute Gasteiger partial charge is 0.491 e. The highest BCUT2D eigenvalue weighted by atomic mass is 35.5. The van der Waals surface area contributed by atoms with Crippen LogP contribution in [0.3, 0.4) is 0 Å². The molecule has 0 saturated heterocycles. The zero-order valence-electron chi connectivity index (χ0n) is 18.3. The van der Waals surface area contributed by atoms with Crippen LogP contribution >= 0.6 is 11.6 Å². The van der Waals surface area contributed by atoms with Crippen molar-refractivity contribution in [1.29, 1.82) is 0 Å². The summed E-state index contributed by atoms with van der Waals surface area (Å²) in [6.45, 7) is 4.69. The van der Waals surface area contributed by atoms with E-state index in [0.29, 0.717) is 42.3 Å². The summed E-state index contributed by atoms with van der Waals surface area (Å²) >= 11 is 6.05. The summed E-state index contributed by atoms with van der Waals surface area (Å²) in [5.74, 6) is -0.348. The van der Waals surface area contributed by atoms with Crippen LogP contribution < -0.4 is 15.4 Å². The minimum Gasteiger partial charge on any atom is -0.491 e. The first-order valence-electron chi connectivity index (χ1n) is 10.6. The molecule has 0 spiro atoms. The van der Waals surface area contributed by atoms with E-state index < -0.39 is 0 Å². The monoisotopic (exact) mass is 461 g/mol. The molecule has 172 valence electrons. The second kappa shape index (κ2) is 11.0. The normalized spacial score (nSPS) is 18.5. The molecule has 1 aliphatic heterocycles. The molecular formula is C22H28ClN5O4. The molecule has 32 heavy (non-hydrogen) atoms. The predicted octanol–water partition coefficient (Wildman–Crippen LogP) is 1.78. The number of aromatic nitrogens is 2. The van der Waals surface area contributed by atoms with E-state index in [1.807, 2.05) is 6.92 Å². The number of hydrogen-bond acceptors (Lipinski definition) is 5. The first kappa shape index (κ1) is 23.6. The summed E-state index contributed by atoms with van der Waals surface area (Å²) in [6, 6.07) is 4.52. The van der Waals surface area contributed by atoms with Crippen molar-refractivity contribution in [3.63, 3.8) is 0 Å². The number of hydrogen-bond donors (Lipinski definition) is 2. The van der Waals surface area contributed by atoms with Gasteiger partial charge in [0, 0.05) is 24.3 Å². The number of nitrogens with one attached hydrogen (secondary N) is 2. The van der Waals surface area contributed by atoms with Gasteiger partial charge in [0.25, 0.3) is 5.91 Å². The van der Waals surface area contributed by atoms with E-state index in [1.165, 1.54) is 4.90 Å². The van der Waals surface area contributed by atoms with Gasteiger partial charge >= 0.3 is 0 Å². The molecule has 0 unspecified atom stereocenters. The Labute approximate surface area is 192 Å². The van der Waals surface area contributed by atoms with Gasteiger partial charge in [0.05, 0.1) is 24.3 Å². The molecule has 0 radical (unpaired) electrons. The molecule has 3 rings (SSSR count). The Kier molecular flexibility index (Phi) is 8.10. The fraction of sp³-hybridized carbons (Fsp3) is 0.455. The van der Waals surface area contributed by atoms with Gasteiger partial charge in [0.1, 0.15) is 18.9 Å².